The van der Waals surface area contributed by atoms with E-state index in [4.69, 9.17) is 0 Å². The zero-order valence-electron chi connectivity index (χ0n) is 23.5. The molecule has 0 radical (unpaired) electrons. The highest BCUT2D eigenvalue weighted by Gasteiger charge is 2.25. The number of nitrogens with zero attached hydrogens (tertiary/aromatic N) is 8. The van der Waals surface area contributed by atoms with Crippen molar-refractivity contribution in [2.45, 2.75) is 51.3 Å². The Hall–Kier alpha value is -3.78. The van der Waals surface area contributed by atoms with Gasteiger partial charge in [0.2, 0.25) is 11.6 Å². The third-order valence-electron chi connectivity index (χ3n) is 6.06. The Bertz CT molecular complexity index is 1440. The van der Waals surface area contributed by atoms with Gasteiger partial charge in [-0.25, -0.2) is 0 Å². The predicted molar refractivity (Wildman–Crippen MR) is 153 cm³/mol. The van der Waals surface area contributed by atoms with E-state index in [2.05, 4.69) is 29.2 Å². The van der Waals surface area contributed by atoms with Crippen LogP contribution in [0.4, 0.5) is 0 Å². The van der Waals surface area contributed by atoms with Gasteiger partial charge >= 0.3 is 0 Å². The third-order valence-corrected chi connectivity index (χ3v) is 8.62. The van der Waals surface area contributed by atoms with Crippen LogP contribution in [0.15, 0.2) is 67.1 Å². The van der Waals surface area contributed by atoms with Crippen molar-refractivity contribution in [3.63, 3.8) is 0 Å². The first kappa shape index (κ1) is 30.8. The molecular weight excluding hydrogens is 552 g/mol. The van der Waals surface area contributed by atoms with Crippen molar-refractivity contribution >= 4 is 31.7 Å². The number of benzene rings is 2. The maximum Gasteiger partial charge on any atom is 0.284 e. The smallest absolute Gasteiger partial charge is 0.284 e. The van der Waals surface area contributed by atoms with Gasteiger partial charge in [-0.2, -0.15) is 16.8 Å². The van der Waals surface area contributed by atoms with Gasteiger partial charge in [0.15, 0.2) is 11.7 Å². The standard InChI is InChI=1S/C26H34N8O4S2/c1-7-33(8-2)25(31-39(35,36)21-15-11-19(5)12-16-21)23-27-29-24(30-28-23)26(34(9-3)10-4)32-40(37,38)22-17-13-20(6)14-18-22/h11-18H,7-10H2,1-6H3. The van der Waals surface area contributed by atoms with Crippen LogP contribution in [-0.2, 0) is 20.0 Å². The third kappa shape index (κ3) is 7.24. The lowest BCUT2D eigenvalue weighted by Gasteiger charge is -2.22. The van der Waals surface area contributed by atoms with E-state index in [1.165, 1.54) is 24.3 Å². The van der Waals surface area contributed by atoms with Crippen LogP contribution in [0.25, 0.3) is 0 Å². The molecule has 0 fully saturated rings. The lowest BCUT2D eigenvalue weighted by molar-refractivity contribution is 0.458. The highest BCUT2D eigenvalue weighted by molar-refractivity contribution is 7.90. The molecule has 1 heterocycles. The summed E-state index contributed by atoms with van der Waals surface area (Å²) >= 11 is 0. The molecule has 1 aromatic heterocycles. The van der Waals surface area contributed by atoms with Crippen molar-refractivity contribution in [1.82, 2.24) is 30.2 Å². The van der Waals surface area contributed by atoms with Gasteiger partial charge in [0.1, 0.15) is 0 Å². The summed E-state index contributed by atoms with van der Waals surface area (Å²) in [6.07, 6.45) is 0. The molecule has 0 spiro atoms. The maximum absolute atomic E-state index is 13.1. The lowest BCUT2D eigenvalue weighted by atomic mass is 10.2. The van der Waals surface area contributed by atoms with Gasteiger partial charge < -0.3 is 9.80 Å². The van der Waals surface area contributed by atoms with Crippen LogP contribution in [0.1, 0.15) is 50.5 Å². The number of rotatable bonds is 10. The first-order valence-corrected chi connectivity index (χ1v) is 15.7. The van der Waals surface area contributed by atoms with Gasteiger partial charge in [0.05, 0.1) is 9.79 Å². The number of aromatic nitrogens is 4. The summed E-state index contributed by atoms with van der Waals surface area (Å²) in [5, 5.41) is 16.4. The van der Waals surface area contributed by atoms with Gasteiger partial charge in [-0.1, -0.05) is 35.4 Å². The topological polar surface area (TPSA) is 151 Å². The average molecular weight is 587 g/mol. The van der Waals surface area contributed by atoms with Gasteiger partial charge in [-0.15, -0.1) is 29.2 Å². The number of amidine groups is 2. The van der Waals surface area contributed by atoms with E-state index >= 15 is 0 Å². The van der Waals surface area contributed by atoms with Crippen LogP contribution in [0.3, 0.4) is 0 Å². The van der Waals surface area contributed by atoms with E-state index in [0.29, 0.717) is 26.2 Å². The van der Waals surface area contributed by atoms with Crippen molar-refractivity contribution in [2.75, 3.05) is 26.2 Å². The highest BCUT2D eigenvalue weighted by atomic mass is 32.2. The fraction of sp³-hybridized carbons (Fsp3) is 0.385. The summed E-state index contributed by atoms with van der Waals surface area (Å²) in [7, 11) is -8.19. The minimum atomic E-state index is -4.10. The van der Waals surface area contributed by atoms with E-state index < -0.39 is 20.0 Å². The molecule has 0 aliphatic carbocycles. The second kappa shape index (κ2) is 13.0. The van der Waals surface area contributed by atoms with Gasteiger partial charge in [0, 0.05) is 26.2 Å². The Morgan fingerprint density at radius 2 is 0.850 bits per heavy atom. The van der Waals surface area contributed by atoms with Crippen LogP contribution in [0.2, 0.25) is 0 Å². The summed E-state index contributed by atoms with van der Waals surface area (Å²) < 4.78 is 60.5. The van der Waals surface area contributed by atoms with E-state index in [0.717, 1.165) is 11.1 Å². The molecular formula is C26H34N8O4S2. The van der Waals surface area contributed by atoms with Crippen LogP contribution in [-0.4, -0.2) is 84.9 Å². The number of sulfonamides is 2. The Morgan fingerprint density at radius 3 is 1.10 bits per heavy atom. The SMILES string of the molecule is CCN(CC)C(=NS(=O)(=O)c1ccc(C)cc1)c1nnc(C(=NS(=O)(=O)c2ccc(C)cc2)N(CC)CC)nn1. The van der Waals surface area contributed by atoms with Crippen molar-refractivity contribution in [3.05, 3.63) is 71.3 Å². The number of hydrogen-bond acceptors (Lipinski definition) is 8. The Morgan fingerprint density at radius 1 is 0.575 bits per heavy atom. The van der Waals surface area contributed by atoms with Crippen LogP contribution >= 0.6 is 0 Å². The Kier molecular flexibility index (Phi) is 10.0. The quantitative estimate of drug-likeness (QED) is 0.256. The molecule has 0 unspecified atom stereocenters. The Labute approximate surface area is 236 Å². The molecule has 0 atom stereocenters. The molecule has 0 aliphatic rings. The molecule has 0 bridgehead atoms. The van der Waals surface area contributed by atoms with E-state index in [1.54, 1.807) is 34.1 Å². The van der Waals surface area contributed by atoms with Crippen molar-refractivity contribution in [1.29, 1.82) is 0 Å². The first-order valence-electron chi connectivity index (χ1n) is 12.9. The summed E-state index contributed by atoms with van der Waals surface area (Å²) in [4.78, 5) is 3.39. The molecule has 214 valence electrons. The van der Waals surface area contributed by atoms with Crippen LogP contribution in [0, 0.1) is 13.8 Å². The highest BCUT2D eigenvalue weighted by Crippen LogP contribution is 2.17. The van der Waals surface area contributed by atoms with Gasteiger partial charge in [0.25, 0.3) is 20.0 Å². The predicted octanol–water partition coefficient (Wildman–Crippen LogP) is 2.84. The number of aryl methyl sites for hydroxylation is 2. The summed E-state index contributed by atoms with van der Waals surface area (Å²) in [6.45, 7) is 12.8. The average Bonchev–Trinajstić information content (AvgIpc) is 2.93. The molecule has 3 rings (SSSR count). The minimum Gasteiger partial charge on any atom is -0.353 e. The molecule has 12 nitrogen and oxygen atoms in total. The Balaban J connectivity index is 2.11. The van der Waals surface area contributed by atoms with Crippen molar-refractivity contribution < 1.29 is 16.8 Å². The molecule has 0 N–H and O–H groups in total. The molecule has 3 aromatic rings. The molecule has 0 amide bonds. The fourth-order valence-corrected chi connectivity index (χ4v) is 5.71. The molecule has 40 heavy (non-hydrogen) atoms. The van der Waals surface area contributed by atoms with Gasteiger partial charge in [-0.3, -0.25) is 0 Å². The zero-order chi connectivity index (χ0) is 29.5. The second-order valence-electron chi connectivity index (χ2n) is 8.80. The summed E-state index contributed by atoms with van der Waals surface area (Å²) in [5.41, 5.74) is 1.82. The zero-order valence-corrected chi connectivity index (χ0v) is 25.1. The molecule has 0 saturated carbocycles. The largest absolute Gasteiger partial charge is 0.353 e. The van der Waals surface area contributed by atoms with Crippen LogP contribution < -0.4 is 0 Å². The molecule has 2 aromatic carbocycles. The number of hydrogen-bond donors (Lipinski definition) is 0. The van der Waals surface area contributed by atoms with Crippen LogP contribution in [0.5, 0.6) is 0 Å². The fourth-order valence-electron chi connectivity index (χ4n) is 3.69. The van der Waals surface area contributed by atoms with Gasteiger partial charge in [-0.05, 0) is 65.8 Å². The minimum absolute atomic E-state index is 0.0225. The molecule has 14 heteroatoms. The van der Waals surface area contributed by atoms with Crippen molar-refractivity contribution in [3.8, 4) is 0 Å². The van der Waals surface area contributed by atoms with Crippen molar-refractivity contribution in [2.24, 2.45) is 8.80 Å². The summed E-state index contributed by atoms with van der Waals surface area (Å²) in [5.74, 6) is -0.289. The summed E-state index contributed by atoms with van der Waals surface area (Å²) in [6, 6.07) is 12.7. The normalized spacial score (nSPS) is 12.8. The molecule has 0 saturated heterocycles. The lowest BCUT2D eigenvalue weighted by Crippen LogP contribution is -2.36. The first-order chi connectivity index (χ1) is 18.9. The van der Waals surface area contributed by atoms with E-state index in [1.807, 2.05) is 41.5 Å². The monoisotopic (exact) mass is 586 g/mol. The van der Waals surface area contributed by atoms with E-state index in [-0.39, 0.29) is 33.1 Å². The maximum atomic E-state index is 13.1. The second-order valence-corrected chi connectivity index (χ2v) is 12.0. The van der Waals surface area contributed by atoms with E-state index in [9.17, 15) is 16.8 Å². The molecule has 0 aliphatic heterocycles.